The molecule has 1 heterocycles. The fourth-order valence-electron chi connectivity index (χ4n) is 3.27. The van der Waals surface area contributed by atoms with E-state index in [1.54, 1.807) is 0 Å². The van der Waals surface area contributed by atoms with Crippen LogP contribution in [0.1, 0.15) is 32.4 Å². The zero-order valence-electron chi connectivity index (χ0n) is 11.2. The number of benzene rings is 1. The van der Waals surface area contributed by atoms with Crippen molar-refractivity contribution in [3.05, 3.63) is 34.3 Å². The Balaban J connectivity index is 1.89. The normalized spacial score (nSPS) is 29.4. The summed E-state index contributed by atoms with van der Waals surface area (Å²) in [7, 11) is 0. The fraction of sp³-hybridized carbons (Fsp3) is 0.467. The van der Waals surface area contributed by atoms with Gasteiger partial charge in [0.05, 0.1) is 17.9 Å². The van der Waals surface area contributed by atoms with Crippen LogP contribution in [0.15, 0.2) is 28.7 Å². The molecule has 3 atom stereocenters. The lowest BCUT2D eigenvalue weighted by Gasteiger charge is -2.27. The van der Waals surface area contributed by atoms with E-state index in [0.29, 0.717) is 0 Å². The maximum Gasteiger partial charge on any atom is 0.234 e. The Bertz CT molecular complexity index is 557. The van der Waals surface area contributed by atoms with Gasteiger partial charge in [0.2, 0.25) is 11.8 Å². The lowest BCUT2D eigenvalue weighted by Crippen LogP contribution is -2.38. The largest absolute Gasteiger partial charge is 0.275 e. The molecule has 19 heavy (non-hydrogen) atoms. The molecule has 0 N–H and O–H groups in total. The second kappa shape index (κ2) is 3.92. The van der Waals surface area contributed by atoms with E-state index in [4.69, 9.17) is 0 Å². The average Bonchev–Trinajstić information content (AvgIpc) is 2.79. The molecule has 1 aliphatic heterocycles. The third kappa shape index (κ3) is 1.69. The first kappa shape index (κ1) is 12.9. The molecule has 0 radical (unpaired) electrons. The molecule has 1 aromatic rings. The van der Waals surface area contributed by atoms with E-state index in [-0.39, 0.29) is 35.1 Å². The van der Waals surface area contributed by atoms with Crippen LogP contribution in [0.3, 0.4) is 0 Å². The molecule has 100 valence electrons. The highest BCUT2D eigenvalue weighted by molar-refractivity contribution is 9.10. The van der Waals surface area contributed by atoms with Crippen LogP contribution >= 0.6 is 15.9 Å². The van der Waals surface area contributed by atoms with Crippen molar-refractivity contribution < 1.29 is 9.59 Å². The molecular formula is C15H16BrNO2. The lowest BCUT2D eigenvalue weighted by molar-refractivity contribution is -0.145. The summed E-state index contributed by atoms with van der Waals surface area (Å²) in [6.45, 7) is 5.91. The number of halogens is 1. The van der Waals surface area contributed by atoms with Crippen LogP contribution < -0.4 is 0 Å². The van der Waals surface area contributed by atoms with Gasteiger partial charge in [-0.25, -0.2) is 0 Å². The van der Waals surface area contributed by atoms with Gasteiger partial charge in [-0.1, -0.05) is 41.9 Å². The first-order valence-electron chi connectivity index (χ1n) is 6.48. The van der Waals surface area contributed by atoms with Crippen LogP contribution in [0.2, 0.25) is 0 Å². The van der Waals surface area contributed by atoms with Crippen molar-refractivity contribution in [1.29, 1.82) is 0 Å². The number of likely N-dealkylation sites (tertiary alicyclic amines) is 1. The highest BCUT2D eigenvalue weighted by atomic mass is 79.9. The molecule has 0 bridgehead atoms. The Kier molecular flexibility index (Phi) is 2.65. The topological polar surface area (TPSA) is 37.4 Å². The Labute approximate surface area is 121 Å². The van der Waals surface area contributed by atoms with Gasteiger partial charge in [0.1, 0.15) is 0 Å². The Morgan fingerprint density at radius 3 is 2.32 bits per heavy atom. The van der Waals surface area contributed by atoms with Gasteiger partial charge in [0, 0.05) is 4.47 Å². The quantitative estimate of drug-likeness (QED) is 0.785. The van der Waals surface area contributed by atoms with Crippen LogP contribution in [0.4, 0.5) is 0 Å². The van der Waals surface area contributed by atoms with Crippen molar-refractivity contribution in [2.24, 2.45) is 17.3 Å². The van der Waals surface area contributed by atoms with Gasteiger partial charge in [-0.2, -0.15) is 0 Å². The summed E-state index contributed by atoms with van der Waals surface area (Å²) in [6.07, 6.45) is 0. The molecule has 0 spiro atoms. The Morgan fingerprint density at radius 2 is 1.79 bits per heavy atom. The monoisotopic (exact) mass is 321 g/mol. The zero-order valence-corrected chi connectivity index (χ0v) is 12.8. The second-order valence-electron chi connectivity index (χ2n) is 6.05. The molecule has 3 nitrogen and oxygen atoms in total. The molecule has 1 aromatic carbocycles. The SMILES string of the molecule is CC(c1cccc(Br)c1)N1C(=O)C2C(C1=O)C2(C)C. The van der Waals surface area contributed by atoms with Crippen LogP contribution in [-0.2, 0) is 9.59 Å². The second-order valence-corrected chi connectivity index (χ2v) is 6.97. The Hall–Kier alpha value is -1.16. The predicted molar refractivity (Wildman–Crippen MR) is 75.2 cm³/mol. The molecule has 3 rings (SSSR count). The van der Waals surface area contributed by atoms with Gasteiger partial charge >= 0.3 is 0 Å². The summed E-state index contributed by atoms with van der Waals surface area (Å²) in [4.78, 5) is 26.2. The number of amides is 2. The minimum Gasteiger partial charge on any atom is -0.275 e. The van der Waals surface area contributed by atoms with Gasteiger partial charge in [0.25, 0.3) is 0 Å². The number of imide groups is 1. The molecule has 0 aromatic heterocycles. The molecule has 2 amide bonds. The third-order valence-corrected chi connectivity index (χ3v) is 5.05. The summed E-state index contributed by atoms with van der Waals surface area (Å²) < 4.78 is 0.960. The van der Waals surface area contributed by atoms with Crippen molar-refractivity contribution in [2.75, 3.05) is 0 Å². The molecular weight excluding hydrogens is 306 g/mol. The van der Waals surface area contributed by atoms with E-state index in [1.165, 1.54) is 4.90 Å². The van der Waals surface area contributed by atoms with Crippen molar-refractivity contribution in [3.8, 4) is 0 Å². The van der Waals surface area contributed by atoms with Gasteiger partial charge in [-0.15, -0.1) is 0 Å². The summed E-state index contributed by atoms with van der Waals surface area (Å²) in [5, 5.41) is 0. The minimum atomic E-state index is -0.193. The minimum absolute atomic E-state index is 0.00697. The number of fused-ring (bicyclic) bond motifs is 1. The summed E-state index contributed by atoms with van der Waals surface area (Å²) in [6, 6.07) is 7.57. The first-order chi connectivity index (χ1) is 8.85. The number of nitrogens with zero attached hydrogens (tertiary/aromatic N) is 1. The standard InChI is InChI=1S/C15H16BrNO2/c1-8(9-5-4-6-10(16)7-9)17-13(18)11-12(14(17)19)15(11,2)3/h4-8,11-12H,1-3H3. The van der Waals surface area contributed by atoms with Gasteiger partial charge in [0.15, 0.2) is 0 Å². The van der Waals surface area contributed by atoms with Crippen LogP contribution in [0, 0.1) is 17.3 Å². The summed E-state index contributed by atoms with van der Waals surface area (Å²) in [5.74, 6) is -0.218. The van der Waals surface area contributed by atoms with Crippen LogP contribution in [0.25, 0.3) is 0 Å². The molecule has 1 aliphatic carbocycles. The molecule has 1 saturated carbocycles. The zero-order chi connectivity index (χ0) is 13.9. The highest BCUT2D eigenvalue weighted by Crippen LogP contribution is 2.64. The van der Waals surface area contributed by atoms with E-state index in [0.717, 1.165) is 10.0 Å². The Morgan fingerprint density at radius 1 is 1.21 bits per heavy atom. The summed E-state index contributed by atoms with van der Waals surface area (Å²) >= 11 is 3.42. The molecule has 4 heteroatoms. The van der Waals surface area contributed by atoms with Crippen LogP contribution in [0.5, 0.6) is 0 Å². The van der Waals surface area contributed by atoms with Gasteiger partial charge < -0.3 is 0 Å². The van der Waals surface area contributed by atoms with Gasteiger partial charge in [-0.3, -0.25) is 14.5 Å². The van der Waals surface area contributed by atoms with Crippen molar-refractivity contribution in [2.45, 2.75) is 26.8 Å². The number of rotatable bonds is 2. The maximum atomic E-state index is 12.4. The number of hydrogen-bond donors (Lipinski definition) is 0. The third-order valence-electron chi connectivity index (χ3n) is 4.55. The molecule has 2 fully saturated rings. The molecule has 1 saturated heterocycles. The summed E-state index contributed by atoms with van der Waals surface area (Å²) in [5.41, 5.74) is 0.844. The first-order valence-corrected chi connectivity index (χ1v) is 7.27. The maximum absolute atomic E-state index is 12.4. The number of carbonyl (C=O) groups is 2. The van der Waals surface area contributed by atoms with E-state index in [9.17, 15) is 9.59 Å². The van der Waals surface area contributed by atoms with E-state index in [2.05, 4.69) is 15.9 Å². The van der Waals surface area contributed by atoms with E-state index >= 15 is 0 Å². The van der Waals surface area contributed by atoms with Crippen molar-refractivity contribution in [1.82, 2.24) is 4.90 Å². The number of piperidine rings is 1. The molecule has 2 aliphatic rings. The fourth-order valence-corrected chi connectivity index (χ4v) is 3.68. The van der Waals surface area contributed by atoms with E-state index < -0.39 is 0 Å². The lowest BCUT2D eigenvalue weighted by atomic mass is 10.0. The number of carbonyl (C=O) groups excluding carboxylic acids is 2. The van der Waals surface area contributed by atoms with Gasteiger partial charge in [-0.05, 0) is 30.0 Å². The van der Waals surface area contributed by atoms with E-state index in [1.807, 2.05) is 45.0 Å². The van der Waals surface area contributed by atoms with Crippen molar-refractivity contribution >= 4 is 27.7 Å². The van der Waals surface area contributed by atoms with Crippen molar-refractivity contribution in [3.63, 3.8) is 0 Å². The predicted octanol–water partition coefficient (Wildman–Crippen LogP) is 3.15. The highest BCUT2D eigenvalue weighted by Gasteiger charge is 2.72. The average molecular weight is 322 g/mol. The number of hydrogen-bond acceptors (Lipinski definition) is 2. The smallest absolute Gasteiger partial charge is 0.234 e. The molecule has 3 unspecified atom stereocenters. The van der Waals surface area contributed by atoms with Crippen LogP contribution in [-0.4, -0.2) is 16.7 Å².